The average Bonchev–Trinajstić information content (AvgIpc) is 2.25. The fourth-order valence-electron chi connectivity index (χ4n) is 1.52. The normalized spacial score (nSPS) is 10.3. The van der Waals surface area contributed by atoms with Crippen LogP contribution in [0.1, 0.15) is 19.3 Å². The Morgan fingerprint density at radius 3 is 2.60 bits per heavy atom. The highest BCUT2D eigenvalue weighted by Crippen LogP contribution is 2.17. The predicted octanol–water partition coefficient (Wildman–Crippen LogP) is 2.42. The fraction of sp³-hybridized carbons (Fsp3) is 0.500. The van der Waals surface area contributed by atoms with E-state index in [4.69, 9.17) is 5.11 Å². The van der Waals surface area contributed by atoms with Gasteiger partial charge in [0.05, 0.1) is 5.69 Å². The van der Waals surface area contributed by atoms with E-state index in [1.165, 1.54) is 6.07 Å². The summed E-state index contributed by atoms with van der Waals surface area (Å²) in [6.45, 7) is 1.06. The molecule has 0 unspecified atom stereocenters. The highest BCUT2D eigenvalue weighted by molar-refractivity contribution is 5.46. The summed E-state index contributed by atoms with van der Waals surface area (Å²) in [5.74, 6) is -0.179. The van der Waals surface area contributed by atoms with Gasteiger partial charge in [-0.15, -0.1) is 0 Å². The molecule has 0 saturated carbocycles. The van der Waals surface area contributed by atoms with E-state index in [0.717, 1.165) is 25.8 Å². The van der Waals surface area contributed by atoms with Crippen LogP contribution in [-0.2, 0) is 0 Å². The molecule has 2 nitrogen and oxygen atoms in total. The van der Waals surface area contributed by atoms with Crippen molar-refractivity contribution < 1.29 is 9.50 Å². The third-order valence-corrected chi connectivity index (χ3v) is 2.42. The lowest BCUT2D eigenvalue weighted by molar-refractivity contribution is 0.283. The molecule has 0 saturated heterocycles. The van der Waals surface area contributed by atoms with Crippen molar-refractivity contribution in [3.63, 3.8) is 0 Å². The first kappa shape index (κ1) is 12.0. The molecule has 1 N–H and O–H groups in total. The molecule has 84 valence electrons. The highest BCUT2D eigenvalue weighted by Gasteiger charge is 2.05. The van der Waals surface area contributed by atoms with Gasteiger partial charge in [-0.3, -0.25) is 0 Å². The lowest BCUT2D eigenvalue weighted by Crippen LogP contribution is -2.19. The molecule has 1 aromatic rings. The minimum atomic E-state index is -0.179. The van der Waals surface area contributed by atoms with E-state index in [1.54, 1.807) is 12.1 Å². The average molecular weight is 211 g/mol. The van der Waals surface area contributed by atoms with E-state index in [1.807, 2.05) is 18.0 Å². The van der Waals surface area contributed by atoms with Gasteiger partial charge in [0.15, 0.2) is 0 Å². The molecule has 1 rings (SSSR count). The smallest absolute Gasteiger partial charge is 0.146 e. The Balaban J connectivity index is 2.40. The molecular weight excluding hydrogens is 193 g/mol. The molecule has 0 atom stereocenters. The molecule has 0 aliphatic rings. The van der Waals surface area contributed by atoms with Gasteiger partial charge in [-0.2, -0.15) is 0 Å². The number of unbranched alkanes of at least 4 members (excludes halogenated alkanes) is 2. The number of anilines is 1. The maximum atomic E-state index is 13.3. The second-order valence-corrected chi connectivity index (χ2v) is 3.66. The first-order valence-corrected chi connectivity index (χ1v) is 5.32. The van der Waals surface area contributed by atoms with E-state index in [2.05, 4.69) is 0 Å². The molecule has 0 aromatic heterocycles. The summed E-state index contributed by atoms with van der Waals surface area (Å²) in [4.78, 5) is 1.91. The monoisotopic (exact) mass is 211 g/mol. The van der Waals surface area contributed by atoms with Crippen LogP contribution < -0.4 is 4.90 Å². The quantitative estimate of drug-likeness (QED) is 0.730. The number of halogens is 1. The third-order valence-electron chi connectivity index (χ3n) is 2.42. The molecule has 3 heteroatoms. The van der Waals surface area contributed by atoms with Crippen molar-refractivity contribution in [2.45, 2.75) is 19.3 Å². The second kappa shape index (κ2) is 6.40. The molecule has 0 spiro atoms. The van der Waals surface area contributed by atoms with Crippen LogP contribution in [0, 0.1) is 5.82 Å². The Morgan fingerprint density at radius 2 is 1.93 bits per heavy atom. The molecule has 0 aliphatic heterocycles. The van der Waals surface area contributed by atoms with E-state index in [9.17, 15) is 4.39 Å². The van der Waals surface area contributed by atoms with E-state index in [0.29, 0.717) is 5.69 Å². The van der Waals surface area contributed by atoms with E-state index in [-0.39, 0.29) is 12.4 Å². The zero-order valence-corrected chi connectivity index (χ0v) is 9.12. The Kier molecular flexibility index (Phi) is 5.12. The second-order valence-electron chi connectivity index (χ2n) is 3.66. The maximum absolute atomic E-state index is 13.3. The van der Waals surface area contributed by atoms with Gasteiger partial charge in [0.2, 0.25) is 0 Å². The molecule has 0 aliphatic carbocycles. The number of hydrogen-bond donors (Lipinski definition) is 1. The number of aliphatic hydroxyl groups excluding tert-OH is 1. The van der Waals surface area contributed by atoms with Crippen LogP contribution in [0.25, 0.3) is 0 Å². The summed E-state index contributed by atoms with van der Waals surface area (Å²) in [5, 5.41) is 8.62. The predicted molar refractivity (Wildman–Crippen MR) is 60.6 cm³/mol. The minimum Gasteiger partial charge on any atom is -0.396 e. The first-order chi connectivity index (χ1) is 7.25. The van der Waals surface area contributed by atoms with Crippen molar-refractivity contribution >= 4 is 5.69 Å². The fourth-order valence-corrected chi connectivity index (χ4v) is 1.52. The largest absolute Gasteiger partial charge is 0.396 e. The minimum absolute atomic E-state index is 0.179. The topological polar surface area (TPSA) is 23.5 Å². The van der Waals surface area contributed by atoms with Crippen LogP contribution >= 0.6 is 0 Å². The number of benzene rings is 1. The summed E-state index contributed by atoms with van der Waals surface area (Å²) in [5.41, 5.74) is 0.640. The van der Waals surface area contributed by atoms with Crippen molar-refractivity contribution in [1.29, 1.82) is 0 Å². The number of aliphatic hydroxyl groups is 1. The van der Waals surface area contributed by atoms with Gasteiger partial charge in [0.1, 0.15) is 5.82 Å². The number of para-hydroxylation sites is 1. The maximum Gasteiger partial charge on any atom is 0.146 e. The highest BCUT2D eigenvalue weighted by atomic mass is 19.1. The van der Waals surface area contributed by atoms with E-state index >= 15 is 0 Å². The Hall–Kier alpha value is -1.09. The van der Waals surface area contributed by atoms with Crippen molar-refractivity contribution in [1.82, 2.24) is 0 Å². The van der Waals surface area contributed by atoms with E-state index < -0.39 is 0 Å². The van der Waals surface area contributed by atoms with Gasteiger partial charge < -0.3 is 10.0 Å². The molecule has 0 bridgehead atoms. The van der Waals surface area contributed by atoms with Crippen LogP contribution in [0.4, 0.5) is 10.1 Å². The lowest BCUT2D eigenvalue weighted by atomic mass is 10.2. The number of nitrogens with zero attached hydrogens (tertiary/aromatic N) is 1. The van der Waals surface area contributed by atoms with Crippen LogP contribution in [0.5, 0.6) is 0 Å². The van der Waals surface area contributed by atoms with Gasteiger partial charge in [-0.25, -0.2) is 4.39 Å². The summed E-state index contributed by atoms with van der Waals surface area (Å²) in [6.07, 6.45) is 2.78. The zero-order chi connectivity index (χ0) is 11.1. The molecular formula is C12H18FNO. The number of rotatable bonds is 6. The summed E-state index contributed by atoms with van der Waals surface area (Å²) in [6, 6.07) is 6.78. The summed E-state index contributed by atoms with van der Waals surface area (Å²) < 4.78 is 13.3. The van der Waals surface area contributed by atoms with Crippen LogP contribution in [0.2, 0.25) is 0 Å². The van der Waals surface area contributed by atoms with Crippen molar-refractivity contribution in [3.8, 4) is 0 Å². The summed E-state index contributed by atoms with van der Waals surface area (Å²) >= 11 is 0. The molecule has 15 heavy (non-hydrogen) atoms. The van der Waals surface area contributed by atoms with Crippen molar-refractivity contribution in [2.24, 2.45) is 0 Å². The van der Waals surface area contributed by atoms with Crippen LogP contribution in [0.15, 0.2) is 24.3 Å². The molecule has 0 fully saturated rings. The van der Waals surface area contributed by atoms with Crippen LogP contribution in [0.3, 0.4) is 0 Å². The molecule has 0 heterocycles. The van der Waals surface area contributed by atoms with Gasteiger partial charge >= 0.3 is 0 Å². The third kappa shape index (κ3) is 3.88. The molecule has 1 aromatic carbocycles. The van der Waals surface area contributed by atoms with Gasteiger partial charge in [0.25, 0.3) is 0 Å². The van der Waals surface area contributed by atoms with Gasteiger partial charge in [-0.1, -0.05) is 12.1 Å². The Labute approximate surface area is 90.3 Å². The standard InChI is InChI=1S/C12H18FNO/c1-14(9-5-2-6-10-15)12-8-4-3-7-11(12)13/h3-4,7-8,15H,2,5-6,9-10H2,1H3. The van der Waals surface area contributed by atoms with Crippen molar-refractivity contribution in [2.75, 3.05) is 25.1 Å². The summed E-state index contributed by atoms with van der Waals surface area (Å²) in [7, 11) is 1.89. The molecule has 0 amide bonds. The SMILES string of the molecule is CN(CCCCCO)c1ccccc1F. The first-order valence-electron chi connectivity index (χ1n) is 5.32. The lowest BCUT2D eigenvalue weighted by Gasteiger charge is -2.19. The molecule has 0 radical (unpaired) electrons. The van der Waals surface area contributed by atoms with Crippen molar-refractivity contribution in [3.05, 3.63) is 30.1 Å². The van der Waals surface area contributed by atoms with Gasteiger partial charge in [-0.05, 0) is 31.4 Å². The van der Waals surface area contributed by atoms with Gasteiger partial charge in [0, 0.05) is 20.2 Å². The zero-order valence-electron chi connectivity index (χ0n) is 9.12. The Morgan fingerprint density at radius 1 is 1.20 bits per heavy atom. The Bertz CT molecular complexity index is 291. The number of hydrogen-bond acceptors (Lipinski definition) is 2. The van der Waals surface area contributed by atoms with Crippen LogP contribution in [-0.4, -0.2) is 25.3 Å².